The Balaban J connectivity index is 2.50. The summed E-state index contributed by atoms with van der Waals surface area (Å²) in [5, 5.41) is 0.501. The summed E-state index contributed by atoms with van der Waals surface area (Å²) in [5.74, 6) is -0.672. The van der Waals surface area contributed by atoms with Gasteiger partial charge in [0.15, 0.2) is 22.9 Å². The van der Waals surface area contributed by atoms with Crippen LogP contribution in [-0.4, -0.2) is 18.8 Å². The molecule has 5 nitrogen and oxygen atoms in total. The number of hydrogen-bond acceptors (Lipinski definition) is 4. The second-order valence-electron chi connectivity index (χ2n) is 5.56. The molecule has 5 heteroatoms. The number of primary amides is 1. The van der Waals surface area contributed by atoms with Crippen LogP contribution in [0, 0.1) is 6.92 Å². The van der Waals surface area contributed by atoms with E-state index in [4.69, 9.17) is 14.9 Å². The monoisotopic (exact) mass is 323 g/mol. The smallest absolute Gasteiger partial charge is 0.253 e. The molecule has 122 valence electrons. The molecule has 3 aromatic rings. The van der Waals surface area contributed by atoms with Crippen LogP contribution in [0.3, 0.4) is 0 Å². The van der Waals surface area contributed by atoms with E-state index in [2.05, 4.69) is 0 Å². The van der Waals surface area contributed by atoms with Crippen molar-refractivity contribution in [2.24, 2.45) is 5.73 Å². The van der Waals surface area contributed by atoms with Gasteiger partial charge in [0.05, 0.1) is 12.7 Å². The summed E-state index contributed by atoms with van der Waals surface area (Å²) in [7, 11) is 1.50. The lowest BCUT2D eigenvalue weighted by Gasteiger charge is -2.10. The predicted molar refractivity (Wildman–Crippen MR) is 91.5 cm³/mol. The summed E-state index contributed by atoms with van der Waals surface area (Å²) >= 11 is 0. The minimum Gasteiger partial charge on any atom is -0.493 e. The Morgan fingerprint density at radius 2 is 1.79 bits per heavy atom. The highest BCUT2D eigenvalue weighted by Gasteiger charge is 2.26. The molecule has 0 bridgehead atoms. The first-order valence-electron chi connectivity index (χ1n) is 7.46. The quantitative estimate of drug-likeness (QED) is 0.742. The van der Waals surface area contributed by atoms with Gasteiger partial charge in [0.1, 0.15) is 0 Å². The largest absolute Gasteiger partial charge is 0.493 e. The Morgan fingerprint density at radius 3 is 2.38 bits per heavy atom. The van der Waals surface area contributed by atoms with Crippen LogP contribution in [0.1, 0.15) is 33.4 Å². The molecular formula is C19H17NO4. The molecule has 1 aromatic heterocycles. The molecule has 0 atom stereocenters. The van der Waals surface area contributed by atoms with E-state index in [1.54, 1.807) is 6.07 Å². The van der Waals surface area contributed by atoms with Crippen LogP contribution < -0.4 is 10.5 Å². The first kappa shape index (κ1) is 15.8. The van der Waals surface area contributed by atoms with Gasteiger partial charge < -0.3 is 14.9 Å². The highest BCUT2D eigenvalue weighted by molar-refractivity contribution is 6.18. The Labute approximate surface area is 139 Å². The van der Waals surface area contributed by atoms with E-state index in [1.165, 1.54) is 14.0 Å². The highest BCUT2D eigenvalue weighted by Crippen LogP contribution is 2.40. The lowest BCUT2D eigenvalue weighted by atomic mass is 9.94. The number of carbonyl (C=O) groups is 2. The average Bonchev–Trinajstić information content (AvgIpc) is 2.96. The van der Waals surface area contributed by atoms with Crippen molar-refractivity contribution in [3.8, 4) is 16.9 Å². The number of Topliss-reactive ketones (excluding diaryl/α,β-unsaturated/α-hetero) is 1. The lowest BCUT2D eigenvalue weighted by molar-refractivity contribution is 0.0958. The summed E-state index contributed by atoms with van der Waals surface area (Å²) in [6, 6.07) is 11.4. The van der Waals surface area contributed by atoms with Crippen molar-refractivity contribution in [1.82, 2.24) is 0 Å². The van der Waals surface area contributed by atoms with Crippen molar-refractivity contribution in [2.75, 3.05) is 7.11 Å². The van der Waals surface area contributed by atoms with Gasteiger partial charge in [-0.1, -0.05) is 24.3 Å². The molecule has 0 fully saturated rings. The summed E-state index contributed by atoms with van der Waals surface area (Å²) in [6.07, 6.45) is 0. The number of methoxy groups -OCH3 is 1. The Kier molecular flexibility index (Phi) is 3.85. The fourth-order valence-corrected chi connectivity index (χ4v) is 2.92. The normalized spacial score (nSPS) is 10.8. The molecule has 0 radical (unpaired) electrons. The van der Waals surface area contributed by atoms with Crippen molar-refractivity contribution >= 4 is 22.7 Å². The number of aryl methyl sites for hydroxylation is 1. The van der Waals surface area contributed by atoms with Crippen LogP contribution in [0.4, 0.5) is 0 Å². The highest BCUT2D eigenvalue weighted by atomic mass is 16.5. The second kappa shape index (κ2) is 5.85. The maximum atomic E-state index is 12.0. The summed E-state index contributed by atoms with van der Waals surface area (Å²) < 4.78 is 11.0. The number of hydrogen-bond donors (Lipinski definition) is 1. The molecule has 2 aromatic carbocycles. The fourth-order valence-electron chi connectivity index (χ4n) is 2.92. The Bertz CT molecular complexity index is 969. The van der Waals surface area contributed by atoms with Crippen molar-refractivity contribution < 1.29 is 18.7 Å². The Morgan fingerprint density at radius 1 is 1.08 bits per heavy atom. The number of furan rings is 1. The molecule has 0 unspecified atom stereocenters. The average molecular weight is 323 g/mol. The lowest BCUT2D eigenvalue weighted by Crippen LogP contribution is -2.14. The van der Waals surface area contributed by atoms with Crippen LogP contribution in [0.2, 0.25) is 0 Å². The third-order valence-corrected chi connectivity index (χ3v) is 4.02. The molecule has 0 aliphatic carbocycles. The molecule has 0 aliphatic heterocycles. The zero-order chi connectivity index (χ0) is 17.4. The fraction of sp³-hybridized carbons (Fsp3) is 0.158. The maximum Gasteiger partial charge on any atom is 0.253 e. The van der Waals surface area contributed by atoms with Gasteiger partial charge in [-0.25, -0.2) is 0 Å². The van der Waals surface area contributed by atoms with E-state index in [-0.39, 0.29) is 17.1 Å². The number of carbonyl (C=O) groups excluding carboxylic acids is 2. The minimum atomic E-state index is -0.706. The third kappa shape index (κ3) is 2.34. The van der Waals surface area contributed by atoms with Crippen molar-refractivity contribution in [3.05, 3.63) is 53.3 Å². The van der Waals surface area contributed by atoms with Gasteiger partial charge >= 0.3 is 0 Å². The zero-order valence-electron chi connectivity index (χ0n) is 13.7. The summed E-state index contributed by atoms with van der Waals surface area (Å²) in [5.41, 5.74) is 8.72. The van der Waals surface area contributed by atoms with Crippen molar-refractivity contribution in [3.63, 3.8) is 0 Å². The van der Waals surface area contributed by atoms with Gasteiger partial charge in [0.2, 0.25) is 0 Å². The molecule has 1 heterocycles. The maximum absolute atomic E-state index is 12.0. The number of rotatable bonds is 4. The first-order chi connectivity index (χ1) is 11.5. The SMILES string of the molecule is COc1ccc(-c2ccccc2C)c2c(C(N)=O)c(C(C)=O)oc12. The molecule has 24 heavy (non-hydrogen) atoms. The van der Waals surface area contributed by atoms with E-state index < -0.39 is 5.91 Å². The van der Waals surface area contributed by atoms with Crippen LogP contribution >= 0.6 is 0 Å². The van der Waals surface area contributed by atoms with Gasteiger partial charge in [-0.15, -0.1) is 0 Å². The molecule has 2 N–H and O–H groups in total. The van der Waals surface area contributed by atoms with E-state index in [1.807, 2.05) is 37.3 Å². The number of benzene rings is 2. The number of ketones is 1. The number of nitrogens with two attached hydrogens (primary N) is 1. The number of ether oxygens (including phenoxy) is 1. The molecule has 0 saturated carbocycles. The predicted octanol–water partition coefficient (Wildman–Crippen LogP) is 3.72. The molecule has 0 spiro atoms. The Hall–Kier alpha value is -3.08. The molecule has 3 rings (SSSR count). The van der Waals surface area contributed by atoms with Crippen LogP contribution in [0.15, 0.2) is 40.8 Å². The molecular weight excluding hydrogens is 306 g/mol. The number of amides is 1. The van der Waals surface area contributed by atoms with Gasteiger partial charge in [0.25, 0.3) is 5.91 Å². The van der Waals surface area contributed by atoms with Gasteiger partial charge in [0, 0.05) is 12.3 Å². The molecule has 0 saturated heterocycles. The van der Waals surface area contributed by atoms with Gasteiger partial charge in [-0.3, -0.25) is 9.59 Å². The molecule has 1 amide bonds. The van der Waals surface area contributed by atoms with Gasteiger partial charge in [-0.2, -0.15) is 0 Å². The topological polar surface area (TPSA) is 82.5 Å². The second-order valence-corrected chi connectivity index (χ2v) is 5.56. The van der Waals surface area contributed by atoms with E-state index >= 15 is 0 Å². The zero-order valence-corrected chi connectivity index (χ0v) is 13.7. The van der Waals surface area contributed by atoms with Crippen molar-refractivity contribution in [1.29, 1.82) is 0 Å². The van der Waals surface area contributed by atoms with E-state index in [0.29, 0.717) is 16.7 Å². The van der Waals surface area contributed by atoms with Crippen LogP contribution in [-0.2, 0) is 0 Å². The number of fused-ring (bicyclic) bond motifs is 1. The van der Waals surface area contributed by atoms with E-state index in [0.717, 1.165) is 16.7 Å². The van der Waals surface area contributed by atoms with E-state index in [9.17, 15) is 9.59 Å². The summed E-state index contributed by atoms with van der Waals surface area (Å²) in [4.78, 5) is 24.0. The minimum absolute atomic E-state index is 0.0446. The van der Waals surface area contributed by atoms with Gasteiger partial charge in [-0.05, 0) is 35.7 Å². The summed E-state index contributed by atoms with van der Waals surface area (Å²) in [6.45, 7) is 3.31. The van der Waals surface area contributed by atoms with Crippen LogP contribution in [0.25, 0.3) is 22.1 Å². The third-order valence-electron chi connectivity index (χ3n) is 4.02. The molecule has 0 aliphatic rings. The van der Waals surface area contributed by atoms with Crippen molar-refractivity contribution in [2.45, 2.75) is 13.8 Å². The van der Waals surface area contributed by atoms with Crippen LogP contribution in [0.5, 0.6) is 5.75 Å². The standard InChI is InChI=1S/C19H17NO4/c1-10-6-4-5-7-12(10)13-8-9-14(23-3)18-15(13)16(19(20)22)17(24-18)11(2)21/h4-9H,1-3H3,(H2,20,22). The first-order valence-corrected chi connectivity index (χ1v) is 7.46.